The molecule has 0 spiro atoms. The van der Waals surface area contributed by atoms with Gasteiger partial charge in [0.05, 0.1) is 13.0 Å². The summed E-state index contributed by atoms with van der Waals surface area (Å²) in [6.07, 6.45) is 2.08. The molecule has 0 aromatic heterocycles. The molecule has 1 amide bonds. The summed E-state index contributed by atoms with van der Waals surface area (Å²) >= 11 is 0. The highest BCUT2D eigenvalue weighted by atomic mass is 16.5. The number of hydrogen-bond acceptors (Lipinski definition) is 3. The number of carbonyl (C=O) groups is 1. The number of nitrogens with zero attached hydrogens (tertiary/aromatic N) is 1. The van der Waals surface area contributed by atoms with Crippen molar-refractivity contribution in [1.29, 1.82) is 0 Å². The van der Waals surface area contributed by atoms with E-state index in [1.165, 1.54) is 16.3 Å². The molecule has 1 aliphatic rings. The van der Waals surface area contributed by atoms with Crippen molar-refractivity contribution in [2.45, 2.75) is 19.4 Å². The largest absolute Gasteiger partial charge is 0.497 e. The maximum absolute atomic E-state index is 11.9. The summed E-state index contributed by atoms with van der Waals surface area (Å²) in [4.78, 5) is 14.2. The van der Waals surface area contributed by atoms with E-state index in [0.717, 1.165) is 38.2 Å². The van der Waals surface area contributed by atoms with Crippen molar-refractivity contribution < 1.29 is 9.53 Å². The van der Waals surface area contributed by atoms with Crippen LogP contribution in [0, 0.1) is 5.92 Å². The van der Waals surface area contributed by atoms with Gasteiger partial charge in [-0.25, -0.2) is 0 Å². The monoisotopic (exact) mass is 312 g/mol. The number of rotatable bonds is 4. The molecule has 1 atom stereocenters. The van der Waals surface area contributed by atoms with E-state index < -0.39 is 0 Å². The molecule has 1 aliphatic heterocycles. The van der Waals surface area contributed by atoms with E-state index in [-0.39, 0.29) is 11.8 Å². The van der Waals surface area contributed by atoms with Crippen LogP contribution in [0.3, 0.4) is 0 Å². The lowest BCUT2D eigenvalue weighted by Gasteiger charge is -2.31. The van der Waals surface area contributed by atoms with Crippen LogP contribution in [0.4, 0.5) is 0 Å². The molecule has 2 aromatic rings. The smallest absolute Gasteiger partial charge is 0.224 e. The number of nitrogens with one attached hydrogen (secondary N) is 1. The van der Waals surface area contributed by atoms with Crippen molar-refractivity contribution in [3.8, 4) is 5.75 Å². The van der Waals surface area contributed by atoms with E-state index in [0.29, 0.717) is 0 Å². The molecule has 23 heavy (non-hydrogen) atoms. The SMILES string of the molecule is CNC(=O)[C@H]1CCCN(Cc2ccc3cc(OC)ccc3c2)C1. The normalized spacial score (nSPS) is 18.8. The van der Waals surface area contributed by atoms with Crippen LogP contribution in [0.5, 0.6) is 5.75 Å². The van der Waals surface area contributed by atoms with E-state index in [2.05, 4.69) is 40.5 Å². The van der Waals surface area contributed by atoms with E-state index in [1.54, 1.807) is 14.2 Å². The van der Waals surface area contributed by atoms with Gasteiger partial charge in [-0.1, -0.05) is 18.2 Å². The Kier molecular flexibility index (Phi) is 4.82. The van der Waals surface area contributed by atoms with Crippen LogP contribution >= 0.6 is 0 Å². The predicted octanol–water partition coefficient (Wildman–Crippen LogP) is 2.81. The summed E-state index contributed by atoms with van der Waals surface area (Å²) in [5.41, 5.74) is 1.29. The molecule has 0 bridgehead atoms. The Bertz CT molecular complexity index is 699. The molecule has 1 fully saturated rings. The molecule has 0 unspecified atom stereocenters. The first kappa shape index (κ1) is 15.8. The Hall–Kier alpha value is -2.07. The Balaban J connectivity index is 1.72. The van der Waals surface area contributed by atoms with Gasteiger partial charge in [0.2, 0.25) is 5.91 Å². The van der Waals surface area contributed by atoms with Crippen LogP contribution in [0.1, 0.15) is 18.4 Å². The highest BCUT2D eigenvalue weighted by Crippen LogP contribution is 2.24. The Morgan fingerprint density at radius 1 is 1.26 bits per heavy atom. The number of hydrogen-bond donors (Lipinski definition) is 1. The zero-order valence-corrected chi connectivity index (χ0v) is 13.8. The van der Waals surface area contributed by atoms with Crippen LogP contribution in [-0.4, -0.2) is 38.1 Å². The van der Waals surface area contributed by atoms with Gasteiger partial charge >= 0.3 is 0 Å². The van der Waals surface area contributed by atoms with Crippen LogP contribution in [0.15, 0.2) is 36.4 Å². The topological polar surface area (TPSA) is 41.6 Å². The molecule has 4 nitrogen and oxygen atoms in total. The number of amides is 1. The Morgan fingerprint density at radius 2 is 2.04 bits per heavy atom. The summed E-state index contributed by atoms with van der Waals surface area (Å²) in [7, 11) is 3.41. The van der Waals surface area contributed by atoms with Crippen LogP contribution in [0.25, 0.3) is 10.8 Å². The van der Waals surface area contributed by atoms with Gasteiger partial charge in [0, 0.05) is 20.1 Å². The first-order valence-corrected chi connectivity index (χ1v) is 8.20. The first-order valence-electron chi connectivity index (χ1n) is 8.20. The molecule has 4 heteroatoms. The van der Waals surface area contributed by atoms with Crippen molar-refractivity contribution >= 4 is 16.7 Å². The fraction of sp³-hybridized carbons (Fsp3) is 0.421. The molecule has 0 aliphatic carbocycles. The molecular formula is C19H24N2O2. The van der Waals surface area contributed by atoms with Crippen molar-refractivity contribution in [3.05, 3.63) is 42.0 Å². The van der Waals surface area contributed by atoms with E-state index in [4.69, 9.17) is 4.74 Å². The summed E-state index contributed by atoms with van der Waals surface area (Å²) in [5, 5.41) is 5.19. The molecule has 3 rings (SSSR count). The van der Waals surface area contributed by atoms with Gasteiger partial charge in [0.1, 0.15) is 5.75 Å². The standard InChI is InChI=1S/C19H24N2O2/c1-20-19(22)17-4-3-9-21(13-17)12-14-5-6-16-11-18(23-2)8-7-15(16)10-14/h5-8,10-11,17H,3-4,9,12-13H2,1-2H3,(H,20,22)/t17-/m0/s1. The third-order valence-corrected chi connectivity index (χ3v) is 4.64. The number of piperidine rings is 1. The number of likely N-dealkylation sites (tertiary alicyclic amines) is 1. The van der Waals surface area contributed by atoms with Crippen LogP contribution < -0.4 is 10.1 Å². The molecular weight excluding hydrogens is 288 g/mol. The van der Waals surface area contributed by atoms with Gasteiger partial charge in [-0.3, -0.25) is 9.69 Å². The first-order chi connectivity index (χ1) is 11.2. The molecule has 0 radical (unpaired) electrons. The highest BCUT2D eigenvalue weighted by molar-refractivity contribution is 5.84. The van der Waals surface area contributed by atoms with Crippen LogP contribution in [0.2, 0.25) is 0 Å². The van der Waals surface area contributed by atoms with Gasteiger partial charge < -0.3 is 10.1 Å². The second-order valence-electron chi connectivity index (χ2n) is 6.24. The molecule has 1 N–H and O–H groups in total. The van der Waals surface area contributed by atoms with Crippen molar-refractivity contribution in [1.82, 2.24) is 10.2 Å². The second-order valence-corrected chi connectivity index (χ2v) is 6.24. The van der Waals surface area contributed by atoms with Gasteiger partial charge in [-0.15, -0.1) is 0 Å². The van der Waals surface area contributed by atoms with Gasteiger partial charge in [0.15, 0.2) is 0 Å². The fourth-order valence-corrected chi connectivity index (χ4v) is 3.37. The molecule has 122 valence electrons. The predicted molar refractivity (Wildman–Crippen MR) is 92.6 cm³/mol. The van der Waals surface area contributed by atoms with Crippen molar-refractivity contribution in [2.24, 2.45) is 5.92 Å². The van der Waals surface area contributed by atoms with Gasteiger partial charge in [0.25, 0.3) is 0 Å². The van der Waals surface area contributed by atoms with E-state index >= 15 is 0 Å². The molecule has 2 aromatic carbocycles. The zero-order valence-electron chi connectivity index (χ0n) is 13.8. The molecule has 1 saturated heterocycles. The maximum atomic E-state index is 11.9. The van der Waals surface area contributed by atoms with Crippen molar-refractivity contribution in [2.75, 3.05) is 27.2 Å². The number of fused-ring (bicyclic) bond motifs is 1. The number of carbonyl (C=O) groups excluding carboxylic acids is 1. The summed E-state index contributed by atoms with van der Waals surface area (Å²) < 4.78 is 5.27. The minimum Gasteiger partial charge on any atom is -0.497 e. The lowest BCUT2D eigenvalue weighted by atomic mass is 9.96. The summed E-state index contributed by atoms with van der Waals surface area (Å²) in [6, 6.07) is 12.7. The van der Waals surface area contributed by atoms with Crippen LogP contribution in [-0.2, 0) is 11.3 Å². The van der Waals surface area contributed by atoms with E-state index in [9.17, 15) is 4.79 Å². The summed E-state index contributed by atoms with van der Waals surface area (Å²) in [6.45, 7) is 2.81. The van der Waals surface area contributed by atoms with Gasteiger partial charge in [-0.05, 0) is 53.9 Å². The van der Waals surface area contributed by atoms with Gasteiger partial charge in [-0.2, -0.15) is 0 Å². The third kappa shape index (κ3) is 3.64. The van der Waals surface area contributed by atoms with Crippen molar-refractivity contribution in [3.63, 3.8) is 0 Å². The lowest BCUT2D eigenvalue weighted by molar-refractivity contribution is -0.126. The lowest BCUT2D eigenvalue weighted by Crippen LogP contribution is -2.41. The third-order valence-electron chi connectivity index (χ3n) is 4.64. The average Bonchev–Trinajstić information content (AvgIpc) is 2.60. The maximum Gasteiger partial charge on any atom is 0.224 e. The molecule has 0 saturated carbocycles. The second kappa shape index (κ2) is 7.01. The number of ether oxygens (including phenoxy) is 1. The zero-order chi connectivity index (χ0) is 16.2. The Labute approximate surface area is 137 Å². The fourth-order valence-electron chi connectivity index (χ4n) is 3.37. The quantitative estimate of drug-likeness (QED) is 0.944. The minimum atomic E-state index is 0.124. The highest BCUT2D eigenvalue weighted by Gasteiger charge is 2.24. The average molecular weight is 312 g/mol. The van der Waals surface area contributed by atoms with E-state index in [1.807, 2.05) is 6.07 Å². The Morgan fingerprint density at radius 3 is 2.83 bits per heavy atom. The minimum absolute atomic E-state index is 0.124. The number of benzene rings is 2. The summed E-state index contributed by atoms with van der Waals surface area (Å²) in [5.74, 6) is 1.17. The molecule has 1 heterocycles. The number of methoxy groups -OCH3 is 1.